The molecule has 0 bridgehead atoms. The van der Waals surface area contributed by atoms with Crippen LogP contribution < -0.4 is 0 Å². The molecule has 0 saturated carbocycles. The smallest absolute Gasteiger partial charge is 0.192 e. The second-order valence-electron chi connectivity index (χ2n) is 3.77. The average Bonchev–Trinajstić information content (AvgIpc) is 2.68. The van der Waals surface area contributed by atoms with Crippen LogP contribution in [0.2, 0.25) is 5.15 Å². The quantitative estimate of drug-likeness (QED) is 0.469. The number of rotatable bonds is 3. The van der Waals surface area contributed by atoms with Gasteiger partial charge in [0.05, 0.1) is 5.10 Å². The number of aromatic nitrogens is 1. The first-order valence-electron chi connectivity index (χ1n) is 5.22. The molecule has 0 unspecified atom stereocenters. The van der Waals surface area contributed by atoms with Gasteiger partial charge in [-0.05, 0) is 18.1 Å². The van der Waals surface area contributed by atoms with E-state index in [2.05, 4.69) is 10.1 Å². The summed E-state index contributed by atoms with van der Waals surface area (Å²) in [5, 5.41) is 13.5. The van der Waals surface area contributed by atoms with Gasteiger partial charge in [-0.3, -0.25) is 0 Å². The summed E-state index contributed by atoms with van der Waals surface area (Å²) < 4.78 is 0. The van der Waals surface area contributed by atoms with Crippen LogP contribution in [0, 0.1) is 10.1 Å². The number of likely N-dealkylation sites (tertiary alicyclic amines) is 1. The number of pyridine rings is 1. The van der Waals surface area contributed by atoms with E-state index < -0.39 is 5.03 Å². The van der Waals surface area contributed by atoms with E-state index in [0.29, 0.717) is 24.0 Å². The minimum Gasteiger partial charge on any atom is -0.351 e. The van der Waals surface area contributed by atoms with Gasteiger partial charge in [-0.25, -0.2) is 15.1 Å². The van der Waals surface area contributed by atoms with E-state index in [4.69, 9.17) is 11.6 Å². The Labute approximate surface area is 103 Å². The number of nitrogens with zero attached hydrogens (tertiary/aromatic N) is 4. The van der Waals surface area contributed by atoms with E-state index in [9.17, 15) is 10.1 Å². The highest BCUT2D eigenvalue weighted by molar-refractivity contribution is 6.29. The molecule has 2 rings (SSSR count). The Morgan fingerprint density at radius 3 is 3.06 bits per heavy atom. The van der Waals surface area contributed by atoms with Gasteiger partial charge in [0.25, 0.3) is 0 Å². The maximum Gasteiger partial charge on any atom is 0.192 e. The zero-order chi connectivity index (χ0) is 12.3. The molecule has 0 amide bonds. The average molecular weight is 255 g/mol. The first-order chi connectivity index (χ1) is 8.15. The second kappa shape index (κ2) is 5.09. The molecule has 1 fully saturated rings. The van der Waals surface area contributed by atoms with Crippen molar-refractivity contribution in [1.82, 2.24) is 9.88 Å². The summed E-state index contributed by atoms with van der Waals surface area (Å²) in [6.07, 6.45) is 3.22. The van der Waals surface area contributed by atoms with Crippen LogP contribution in [0.5, 0.6) is 0 Å². The van der Waals surface area contributed by atoms with E-state index in [1.807, 2.05) is 11.0 Å². The van der Waals surface area contributed by atoms with Crippen molar-refractivity contribution in [2.24, 2.45) is 5.10 Å². The van der Waals surface area contributed by atoms with Crippen molar-refractivity contribution in [3.8, 4) is 0 Å². The predicted molar refractivity (Wildman–Crippen MR) is 63.3 cm³/mol. The molecule has 1 aromatic rings. The van der Waals surface area contributed by atoms with E-state index in [1.54, 1.807) is 12.3 Å². The third-order valence-corrected chi connectivity index (χ3v) is 2.78. The van der Waals surface area contributed by atoms with Crippen LogP contribution in [0.1, 0.15) is 18.4 Å². The van der Waals surface area contributed by atoms with Gasteiger partial charge in [0, 0.05) is 25.7 Å². The number of nitro groups is 1. The van der Waals surface area contributed by atoms with Crippen LogP contribution in [-0.2, 0) is 6.54 Å². The molecule has 1 aliphatic heterocycles. The molecule has 0 aliphatic carbocycles. The number of hydrazone groups is 1. The fourth-order valence-corrected chi connectivity index (χ4v) is 1.93. The van der Waals surface area contributed by atoms with Gasteiger partial charge in [-0.15, -0.1) is 0 Å². The summed E-state index contributed by atoms with van der Waals surface area (Å²) in [5.74, 6) is 0.532. The Morgan fingerprint density at radius 1 is 1.59 bits per heavy atom. The van der Waals surface area contributed by atoms with Crippen molar-refractivity contribution < 1.29 is 5.03 Å². The minimum atomic E-state index is -0.645. The fraction of sp³-hybridized carbons (Fsp3) is 0.400. The summed E-state index contributed by atoms with van der Waals surface area (Å²) >= 11 is 5.69. The van der Waals surface area contributed by atoms with Crippen molar-refractivity contribution >= 4 is 17.4 Å². The highest BCUT2D eigenvalue weighted by atomic mass is 35.5. The van der Waals surface area contributed by atoms with Crippen molar-refractivity contribution in [2.45, 2.75) is 19.4 Å². The monoisotopic (exact) mass is 254 g/mol. The van der Waals surface area contributed by atoms with E-state index >= 15 is 0 Å². The molecule has 17 heavy (non-hydrogen) atoms. The summed E-state index contributed by atoms with van der Waals surface area (Å²) in [7, 11) is 0. The van der Waals surface area contributed by atoms with Crippen molar-refractivity contribution in [3.63, 3.8) is 0 Å². The van der Waals surface area contributed by atoms with Crippen LogP contribution in [0.4, 0.5) is 0 Å². The maximum absolute atomic E-state index is 10.4. The number of amidine groups is 1. The molecule has 7 heteroatoms. The Hall–Kier alpha value is -1.69. The molecule has 0 aromatic carbocycles. The van der Waals surface area contributed by atoms with Gasteiger partial charge in [-0.2, -0.15) is 0 Å². The molecule has 6 nitrogen and oxygen atoms in total. The van der Waals surface area contributed by atoms with Gasteiger partial charge >= 0.3 is 0 Å². The molecule has 0 spiro atoms. The molecule has 2 heterocycles. The van der Waals surface area contributed by atoms with Crippen LogP contribution in [0.3, 0.4) is 0 Å². The summed E-state index contributed by atoms with van der Waals surface area (Å²) in [6.45, 7) is 1.37. The lowest BCUT2D eigenvalue weighted by Gasteiger charge is -2.16. The standard InChI is InChI=1S/C10H11ClN4O2/c11-9-4-3-8(6-12-9)7-14-5-1-2-10(14)13-15(16)17/h3-4,6H,1-2,5,7H2/b13-10+. The molecule has 1 aromatic heterocycles. The van der Waals surface area contributed by atoms with Crippen molar-refractivity contribution in [3.05, 3.63) is 39.2 Å². The Bertz CT molecular complexity index is 446. The van der Waals surface area contributed by atoms with Gasteiger partial charge in [-0.1, -0.05) is 17.7 Å². The predicted octanol–water partition coefficient (Wildman–Crippen LogP) is 1.92. The zero-order valence-electron chi connectivity index (χ0n) is 9.04. The third kappa shape index (κ3) is 3.13. The van der Waals surface area contributed by atoms with Crippen molar-refractivity contribution in [1.29, 1.82) is 0 Å². The van der Waals surface area contributed by atoms with Crippen molar-refractivity contribution in [2.75, 3.05) is 6.54 Å². The van der Waals surface area contributed by atoms with Gasteiger partial charge in [0.1, 0.15) is 5.15 Å². The van der Waals surface area contributed by atoms with Gasteiger partial charge < -0.3 is 4.90 Å². The SMILES string of the molecule is O=[N+]([O-])/N=C1\CCCN1Cc1ccc(Cl)nc1. The molecule has 1 aliphatic rings. The fourth-order valence-electron chi connectivity index (χ4n) is 1.81. The second-order valence-corrected chi connectivity index (χ2v) is 4.16. The summed E-state index contributed by atoms with van der Waals surface area (Å²) in [4.78, 5) is 16.2. The minimum absolute atomic E-state index is 0.439. The normalized spacial score (nSPS) is 17.7. The van der Waals surface area contributed by atoms with Crippen LogP contribution >= 0.6 is 11.6 Å². The molecule has 0 radical (unpaired) electrons. The maximum atomic E-state index is 10.4. The first-order valence-corrected chi connectivity index (χ1v) is 5.60. The zero-order valence-corrected chi connectivity index (χ0v) is 9.80. The number of hydrogen-bond acceptors (Lipinski definition) is 3. The largest absolute Gasteiger partial charge is 0.351 e. The van der Waals surface area contributed by atoms with Crippen LogP contribution in [0.25, 0.3) is 0 Å². The molecule has 0 atom stereocenters. The van der Waals surface area contributed by atoms with Gasteiger partial charge in [0.15, 0.2) is 10.9 Å². The first kappa shape index (κ1) is 11.8. The Morgan fingerprint density at radius 2 is 2.41 bits per heavy atom. The molecular formula is C10H11ClN4O2. The summed E-state index contributed by atoms with van der Waals surface area (Å²) in [5.41, 5.74) is 0.965. The molecule has 90 valence electrons. The van der Waals surface area contributed by atoms with Gasteiger partial charge in [0.2, 0.25) is 0 Å². The van der Waals surface area contributed by atoms with Crippen LogP contribution in [-0.4, -0.2) is 27.3 Å². The summed E-state index contributed by atoms with van der Waals surface area (Å²) in [6, 6.07) is 3.56. The Kier molecular flexibility index (Phi) is 3.53. The lowest BCUT2D eigenvalue weighted by molar-refractivity contribution is -0.485. The number of hydrogen-bond donors (Lipinski definition) is 0. The Balaban J connectivity index is 2.07. The van der Waals surface area contributed by atoms with E-state index in [0.717, 1.165) is 18.5 Å². The third-order valence-electron chi connectivity index (χ3n) is 2.55. The lowest BCUT2D eigenvalue weighted by Crippen LogP contribution is -2.25. The van der Waals surface area contributed by atoms with Crippen LogP contribution in [0.15, 0.2) is 23.4 Å². The molecule has 1 saturated heterocycles. The highest BCUT2D eigenvalue weighted by Gasteiger charge is 2.21. The molecular weight excluding hydrogens is 244 g/mol. The van der Waals surface area contributed by atoms with E-state index in [1.165, 1.54) is 0 Å². The topological polar surface area (TPSA) is 71.6 Å². The molecule has 0 N–H and O–H groups in total. The highest BCUT2D eigenvalue weighted by Crippen LogP contribution is 2.16. The number of halogens is 1. The van der Waals surface area contributed by atoms with E-state index in [-0.39, 0.29) is 0 Å². The lowest BCUT2D eigenvalue weighted by atomic mass is 10.3.